The quantitative estimate of drug-likeness (QED) is 0.565. The number of nitrogens with one attached hydrogen (secondary N) is 1. The van der Waals surface area contributed by atoms with Gasteiger partial charge in [-0.2, -0.15) is 0 Å². The van der Waals surface area contributed by atoms with Crippen LogP contribution in [0.15, 0.2) is 48.5 Å². The number of para-hydroxylation sites is 1. The van der Waals surface area contributed by atoms with Crippen molar-refractivity contribution in [3.05, 3.63) is 71.0 Å². The Morgan fingerprint density at radius 1 is 1.07 bits per heavy atom. The van der Waals surface area contributed by atoms with E-state index in [2.05, 4.69) is 20.8 Å². The molecule has 2 aromatic carbocycles. The Morgan fingerprint density at radius 2 is 1.79 bits per heavy atom. The van der Waals surface area contributed by atoms with Gasteiger partial charge in [-0.05, 0) is 54.3 Å². The van der Waals surface area contributed by atoms with Crippen LogP contribution in [-0.2, 0) is 11.2 Å². The molecule has 0 bridgehead atoms. The predicted molar refractivity (Wildman–Crippen MR) is 111 cm³/mol. The average molecular weight is 393 g/mol. The molecule has 0 saturated heterocycles. The number of aromatic nitrogens is 4. The van der Waals surface area contributed by atoms with E-state index in [1.54, 1.807) is 11.6 Å². The fraction of sp³-hybridized carbons (Fsp3) is 0.364. The Hall–Kier alpha value is -3.22. The number of benzene rings is 2. The molecule has 7 heteroatoms. The van der Waals surface area contributed by atoms with Crippen LogP contribution in [0.5, 0.6) is 5.75 Å². The van der Waals surface area contributed by atoms with Crippen molar-refractivity contribution in [1.29, 1.82) is 0 Å². The minimum atomic E-state index is -0.494. The van der Waals surface area contributed by atoms with Crippen molar-refractivity contribution in [1.82, 2.24) is 25.5 Å². The molecule has 0 spiro atoms. The zero-order valence-electron chi connectivity index (χ0n) is 17.1. The van der Waals surface area contributed by atoms with Crippen molar-refractivity contribution in [3.8, 4) is 5.75 Å². The first kappa shape index (κ1) is 20.5. The lowest BCUT2D eigenvalue weighted by molar-refractivity contribution is -0.124. The van der Waals surface area contributed by atoms with Crippen molar-refractivity contribution in [3.63, 3.8) is 0 Å². The first-order valence-electron chi connectivity index (χ1n) is 9.81. The number of rotatable bonds is 9. The standard InChI is InChI=1S/C22H27N5O2/c1-16-9-7-10-17(2)21(16)29-14-8-13-23-22(28)20(27-18(3)24-25-26-27)15-19-11-5-4-6-12-19/h4-7,9-12,20H,8,13-15H2,1-3H3,(H,23,28). The van der Waals surface area contributed by atoms with Gasteiger partial charge in [0, 0.05) is 13.0 Å². The molecular weight excluding hydrogens is 366 g/mol. The topological polar surface area (TPSA) is 81.9 Å². The summed E-state index contributed by atoms with van der Waals surface area (Å²) in [5.41, 5.74) is 3.29. The fourth-order valence-corrected chi connectivity index (χ4v) is 3.26. The molecule has 0 saturated carbocycles. The molecular formula is C22H27N5O2. The Kier molecular flexibility index (Phi) is 6.94. The zero-order chi connectivity index (χ0) is 20.6. The smallest absolute Gasteiger partial charge is 0.245 e. The number of nitrogens with zero attached hydrogens (tertiary/aromatic N) is 4. The summed E-state index contributed by atoms with van der Waals surface area (Å²) in [7, 11) is 0. The molecule has 1 atom stereocenters. The second-order valence-corrected chi connectivity index (χ2v) is 7.09. The highest BCUT2D eigenvalue weighted by atomic mass is 16.5. The van der Waals surface area contributed by atoms with E-state index in [9.17, 15) is 4.79 Å². The summed E-state index contributed by atoms with van der Waals surface area (Å²) in [6, 6.07) is 15.5. The van der Waals surface area contributed by atoms with Gasteiger partial charge in [-0.25, -0.2) is 4.68 Å². The van der Waals surface area contributed by atoms with E-state index in [-0.39, 0.29) is 5.91 Å². The lowest BCUT2D eigenvalue weighted by Crippen LogP contribution is -2.36. The first-order chi connectivity index (χ1) is 14.1. The number of ether oxygens (including phenoxy) is 1. The van der Waals surface area contributed by atoms with Gasteiger partial charge >= 0.3 is 0 Å². The maximum Gasteiger partial charge on any atom is 0.245 e. The van der Waals surface area contributed by atoms with Crippen LogP contribution in [0.1, 0.15) is 35.0 Å². The van der Waals surface area contributed by atoms with E-state index in [4.69, 9.17) is 4.74 Å². The molecule has 1 N–H and O–H groups in total. The lowest BCUT2D eigenvalue weighted by atomic mass is 10.1. The third-order valence-electron chi connectivity index (χ3n) is 4.80. The Morgan fingerprint density at radius 3 is 2.45 bits per heavy atom. The van der Waals surface area contributed by atoms with Crippen LogP contribution in [0.25, 0.3) is 0 Å². The van der Waals surface area contributed by atoms with Crippen molar-refractivity contribution < 1.29 is 9.53 Å². The van der Waals surface area contributed by atoms with Gasteiger partial charge in [0.1, 0.15) is 17.6 Å². The van der Waals surface area contributed by atoms with Gasteiger partial charge in [-0.1, -0.05) is 48.5 Å². The van der Waals surface area contributed by atoms with Gasteiger partial charge in [0.15, 0.2) is 0 Å². The molecule has 7 nitrogen and oxygen atoms in total. The number of aryl methyl sites for hydroxylation is 3. The van der Waals surface area contributed by atoms with Gasteiger partial charge in [-0.3, -0.25) is 4.79 Å². The Balaban J connectivity index is 1.55. The maximum absolute atomic E-state index is 12.9. The molecule has 152 valence electrons. The molecule has 1 amide bonds. The SMILES string of the molecule is Cc1cccc(C)c1OCCCNC(=O)C(Cc1ccccc1)n1nnnc1C. The number of carbonyl (C=O) groups is 1. The lowest BCUT2D eigenvalue weighted by Gasteiger charge is -2.18. The van der Waals surface area contributed by atoms with Gasteiger partial charge in [0.25, 0.3) is 0 Å². The summed E-state index contributed by atoms with van der Waals surface area (Å²) < 4.78 is 7.49. The van der Waals surface area contributed by atoms with Crippen LogP contribution in [0, 0.1) is 20.8 Å². The van der Waals surface area contributed by atoms with Gasteiger partial charge in [0.05, 0.1) is 6.61 Å². The van der Waals surface area contributed by atoms with E-state index in [0.29, 0.717) is 31.8 Å². The van der Waals surface area contributed by atoms with E-state index in [1.807, 2.05) is 62.4 Å². The summed E-state index contributed by atoms with van der Waals surface area (Å²) in [6.45, 7) is 6.93. The Labute approximate surface area is 171 Å². The fourth-order valence-electron chi connectivity index (χ4n) is 3.26. The van der Waals surface area contributed by atoms with E-state index >= 15 is 0 Å². The second kappa shape index (κ2) is 9.82. The molecule has 29 heavy (non-hydrogen) atoms. The molecule has 0 aliphatic rings. The van der Waals surface area contributed by atoms with Crippen molar-refractivity contribution in [2.24, 2.45) is 0 Å². The molecule has 1 unspecified atom stereocenters. The molecule has 3 rings (SSSR count). The summed E-state index contributed by atoms with van der Waals surface area (Å²) in [5.74, 6) is 1.43. The number of tetrazole rings is 1. The maximum atomic E-state index is 12.9. The highest BCUT2D eigenvalue weighted by Crippen LogP contribution is 2.22. The minimum absolute atomic E-state index is 0.101. The molecule has 0 aliphatic carbocycles. The summed E-state index contributed by atoms with van der Waals surface area (Å²) in [4.78, 5) is 12.9. The predicted octanol–water partition coefficient (Wildman–Crippen LogP) is 2.97. The van der Waals surface area contributed by atoms with Crippen LogP contribution in [0.3, 0.4) is 0 Å². The highest BCUT2D eigenvalue weighted by molar-refractivity contribution is 5.80. The molecule has 0 fully saturated rings. The summed E-state index contributed by atoms with van der Waals surface area (Å²) >= 11 is 0. The monoisotopic (exact) mass is 393 g/mol. The number of hydrogen-bond donors (Lipinski definition) is 1. The van der Waals surface area contributed by atoms with Crippen LogP contribution in [-0.4, -0.2) is 39.3 Å². The molecule has 0 aliphatic heterocycles. The first-order valence-corrected chi connectivity index (χ1v) is 9.81. The van der Waals surface area contributed by atoms with Crippen LogP contribution in [0.2, 0.25) is 0 Å². The van der Waals surface area contributed by atoms with E-state index < -0.39 is 6.04 Å². The minimum Gasteiger partial charge on any atom is -0.493 e. The van der Waals surface area contributed by atoms with E-state index in [0.717, 1.165) is 22.4 Å². The number of hydrogen-bond acceptors (Lipinski definition) is 5. The number of amides is 1. The highest BCUT2D eigenvalue weighted by Gasteiger charge is 2.23. The van der Waals surface area contributed by atoms with Crippen molar-refractivity contribution >= 4 is 5.91 Å². The zero-order valence-corrected chi connectivity index (χ0v) is 17.1. The van der Waals surface area contributed by atoms with Crippen molar-refractivity contribution in [2.75, 3.05) is 13.2 Å². The average Bonchev–Trinajstić information content (AvgIpc) is 3.14. The van der Waals surface area contributed by atoms with E-state index in [1.165, 1.54) is 0 Å². The van der Waals surface area contributed by atoms with Crippen LogP contribution in [0.4, 0.5) is 0 Å². The van der Waals surface area contributed by atoms with Crippen LogP contribution >= 0.6 is 0 Å². The van der Waals surface area contributed by atoms with Crippen LogP contribution < -0.4 is 10.1 Å². The van der Waals surface area contributed by atoms with Gasteiger partial charge in [-0.15, -0.1) is 5.10 Å². The largest absolute Gasteiger partial charge is 0.493 e. The molecule has 3 aromatic rings. The second-order valence-electron chi connectivity index (χ2n) is 7.09. The van der Waals surface area contributed by atoms with Crippen molar-refractivity contribution in [2.45, 2.75) is 39.7 Å². The van der Waals surface area contributed by atoms with Gasteiger partial charge < -0.3 is 10.1 Å². The third kappa shape index (κ3) is 5.40. The normalized spacial score (nSPS) is 11.8. The molecule has 1 aromatic heterocycles. The Bertz CT molecular complexity index is 919. The number of carbonyl (C=O) groups excluding carboxylic acids is 1. The van der Waals surface area contributed by atoms with Gasteiger partial charge in [0.2, 0.25) is 5.91 Å². The summed E-state index contributed by atoms with van der Waals surface area (Å²) in [6.07, 6.45) is 1.24. The third-order valence-corrected chi connectivity index (χ3v) is 4.80. The molecule has 0 radical (unpaired) electrons. The molecule has 1 heterocycles. The summed E-state index contributed by atoms with van der Waals surface area (Å²) in [5, 5.41) is 14.6.